The maximum Gasteiger partial charge on any atom is 0.513 e. The second kappa shape index (κ2) is 21.2. The molecule has 0 aromatic carbocycles. The number of carboxylic acid groups (broad SMARTS) is 1. The summed E-state index contributed by atoms with van der Waals surface area (Å²) < 4.78 is 17.9. The van der Waals surface area contributed by atoms with E-state index in [0.29, 0.717) is 43.7 Å². The Bertz CT molecular complexity index is 1970. The highest BCUT2D eigenvalue weighted by molar-refractivity contribution is 5.86. The summed E-state index contributed by atoms with van der Waals surface area (Å²) in [4.78, 5) is 51.4. The Balaban J connectivity index is 0.983. The monoisotopic (exact) mass is 918 g/mol. The Hall–Kier alpha value is -3.80. The molecule has 0 saturated heterocycles. The van der Waals surface area contributed by atoms with Gasteiger partial charge in [-0.05, 0) is 136 Å². The van der Waals surface area contributed by atoms with Crippen LogP contribution in [-0.2, 0) is 41.7 Å². The Morgan fingerprint density at radius 3 is 2.23 bits per heavy atom. The predicted molar refractivity (Wildman–Crippen MR) is 253 cm³/mol. The Labute approximate surface area is 395 Å². The van der Waals surface area contributed by atoms with Gasteiger partial charge in [-0.15, -0.1) is 5.10 Å². The van der Waals surface area contributed by atoms with Gasteiger partial charge in [0.25, 0.3) is 0 Å². The van der Waals surface area contributed by atoms with Crippen molar-refractivity contribution in [1.82, 2.24) is 15.0 Å². The molecule has 5 aliphatic rings. The fourth-order valence-corrected chi connectivity index (χ4v) is 14.3. The average Bonchev–Trinajstić information content (AvgIpc) is 3.71. The number of ether oxygens (including phenoxy) is 3. The van der Waals surface area contributed by atoms with E-state index in [0.717, 1.165) is 77.0 Å². The third kappa shape index (κ3) is 10.3. The zero-order valence-electron chi connectivity index (χ0n) is 41.7. The van der Waals surface area contributed by atoms with Crippen LogP contribution in [0.5, 0.6) is 0 Å². The first-order valence-electron chi connectivity index (χ1n) is 25.7. The van der Waals surface area contributed by atoms with Crippen LogP contribution in [0, 0.1) is 56.7 Å². The standard InChI is InChI=1S/C54H83N3O9/c1-9-10-11-12-13-14-15-16-17-18-19-20-21-22-23-24-44(58)64-37-40-35-57(56-55-40)36-45(59)66-54(63)34-31-50(6)42(49(54,4)5)28-29-52(8)43(50)26-25-41-46-39(3)38(2)27-30-53(46,33-32-51(41,52)7)47(60)65-48(61)62/h13-14,16-17,25,35,38-39,42-43,46,63H,9-12,15,18-24,26-34,36-37H2,1-8H3,(H,61,62)/b14-13-,17-16-/t38-,39+,42?,43-,46+,50+,51-,52-,53+,54?/m1/s1. The molecule has 0 amide bonds. The molecule has 5 aliphatic carbocycles. The summed E-state index contributed by atoms with van der Waals surface area (Å²) in [5.74, 6) is -2.29. The first kappa shape index (κ1) is 51.6. The number of nitrogens with zero attached hydrogens (tertiary/aromatic N) is 3. The van der Waals surface area contributed by atoms with Crippen LogP contribution in [0.1, 0.15) is 196 Å². The fraction of sp³-hybridized carbons (Fsp3) is 0.778. The molecule has 4 saturated carbocycles. The molecular formula is C54H83N3O9. The molecule has 368 valence electrons. The molecule has 0 radical (unpaired) electrons. The Morgan fingerprint density at radius 1 is 0.818 bits per heavy atom. The van der Waals surface area contributed by atoms with Crippen molar-refractivity contribution in [2.24, 2.45) is 56.7 Å². The van der Waals surface area contributed by atoms with E-state index in [2.05, 4.69) is 82.2 Å². The van der Waals surface area contributed by atoms with Crippen LogP contribution in [0.4, 0.5) is 4.79 Å². The van der Waals surface area contributed by atoms with Gasteiger partial charge in [-0.3, -0.25) is 9.59 Å². The third-order valence-corrected chi connectivity index (χ3v) is 18.6. The van der Waals surface area contributed by atoms with Crippen molar-refractivity contribution in [1.29, 1.82) is 0 Å². The number of fused-ring (bicyclic) bond motifs is 7. The molecule has 2 N–H and O–H groups in total. The quantitative estimate of drug-likeness (QED) is 0.0319. The molecule has 1 heterocycles. The largest absolute Gasteiger partial charge is 0.513 e. The van der Waals surface area contributed by atoms with Gasteiger partial charge in [0.05, 0.1) is 11.6 Å². The van der Waals surface area contributed by atoms with Crippen molar-refractivity contribution in [2.45, 2.75) is 209 Å². The summed E-state index contributed by atoms with van der Waals surface area (Å²) in [6, 6.07) is 0. The number of carbonyl (C=O) groups is 4. The molecular weight excluding hydrogens is 835 g/mol. The molecule has 2 unspecified atom stereocenters. The lowest BCUT2D eigenvalue weighted by Crippen LogP contribution is -2.68. The summed E-state index contributed by atoms with van der Waals surface area (Å²) in [5.41, 5.74) is -0.313. The zero-order chi connectivity index (χ0) is 48.0. The zero-order valence-corrected chi connectivity index (χ0v) is 41.7. The van der Waals surface area contributed by atoms with Crippen LogP contribution < -0.4 is 0 Å². The van der Waals surface area contributed by atoms with Crippen molar-refractivity contribution >= 4 is 24.1 Å². The topological polar surface area (TPSA) is 167 Å². The molecule has 1 aromatic heterocycles. The number of carbonyl (C=O) groups excluding carboxylic acids is 3. The molecule has 12 nitrogen and oxygen atoms in total. The minimum Gasteiger partial charge on any atom is -0.459 e. The molecule has 4 fully saturated rings. The molecule has 66 heavy (non-hydrogen) atoms. The van der Waals surface area contributed by atoms with E-state index in [1.807, 2.05) is 13.8 Å². The summed E-state index contributed by atoms with van der Waals surface area (Å²) in [6.45, 7) is 17.8. The predicted octanol–water partition coefficient (Wildman–Crippen LogP) is 12.2. The molecule has 10 atom stereocenters. The van der Waals surface area contributed by atoms with Crippen molar-refractivity contribution in [2.75, 3.05) is 0 Å². The van der Waals surface area contributed by atoms with Crippen molar-refractivity contribution in [3.8, 4) is 0 Å². The lowest BCUT2D eigenvalue weighted by Gasteiger charge is -2.72. The number of hydrogen-bond acceptors (Lipinski definition) is 10. The number of rotatable bonds is 20. The van der Waals surface area contributed by atoms with E-state index in [-0.39, 0.29) is 59.0 Å². The highest BCUT2D eigenvalue weighted by Crippen LogP contribution is 2.76. The van der Waals surface area contributed by atoms with Gasteiger partial charge < -0.3 is 24.4 Å². The van der Waals surface area contributed by atoms with E-state index in [9.17, 15) is 29.4 Å². The van der Waals surface area contributed by atoms with Crippen molar-refractivity contribution in [3.63, 3.8) is 0 Å². The van der Waals surface area contributed by atoms with Gasteiger partial charge in [-0.25, -0.2) is 14.3 Å². The van der Waals surface area contributed by atoms with Gasteiger partial charge in [0, 0.05) is 18.3 Å². The minimum atomic E-state index is -1.69. The normalized spacial score (nSPS) is 34.7. The first-order valence-corrected chi connectivity index (χ1v) is 25.7. The number of allylic oxidation sites excluding steroid dienone is 6. The fourth-order valence-electron chi connectivity index (χ4n) is 14.3. The number of unbranched alkanes of at least 4 members (excludes halogenated alkanes) is 8. The van der Waals surface area contributed by atoms with Gasteiger partial charge in [0.15, 0.2) is 0 Å². The second-order valence-electron chi connectivity index (χ2n) is 22.5. The smallest absolute Gasteiger partial charge is 0.459 e. The summed E-state index contributed by atoms with van der Waals surface area (Å²) in [5, 5.41) is 30.0. The van der Waals surface area contributed by atoms with Gasteiger partial charge in [-0.1, -0.05) is 129 Å². The molecule has 0 bridgehead atoms. The summed E-state index contributed by atoms with van der Waals surface area (Å²) in [6.07, 6.45) is 30.6. The number of hydrogen-bond donors (Lipinski definition) is 2. The third-order valence-electron chi connectivity index (χ3n) is 18.6. The van der Waals surface area contributed by atoms with E-state index in [1.54, 1.807) is 6.20 Å². The lowest BCUT2D eigenvalue weighted by molar-refractivity contribution is -0.318. The SMILES string of the molecule is CCCCC/C=C\C/C=C\CCCCCCCC(=O)OCc1cn(CC(=O)OC2(O)CC[C@@]3(C)C(CC[C@]4(C)[C@@H]3CC=C3[C@@H]5[C@@H](C)[C@H](C)CC[C@]5(C(=O)OC(=O)O)CC[C@]34C)C2(C)C)nn1. The van der Waals surface area contributed by atoms with E-state index in [4.69, 9.17) is 14.2 Å². The van der Waals surface area contributed by atoms with Crippen molar-refractivity contribution < 1.29 is 43.6 Å². The van der Waals surface area contributed by atoms with Crippen LogP contribution in [0.2, 0.25) is 0 Å². The molecule has 1 aromatic rings. The molecule has 6 rings (SSSR count). The van der Waals surface area contributed by atoms with Crippen LogP contribution in [0.15, 0.2) is 42.2 Å². The van der Waals surface area contributed by atoms with Crippen LogP contribution >= 0.6 is 0 Å². The highest BCUT2D eigenvalue weighted by atomic mass is 16.7. The van der Waals surface area contributed by atoms with Crippen LogP contribution in [0.3, 0.4) is 0 Å². The summed E-state index contributed by atoms with van der Waals surface area (Å²) >= 11 is 0. The number of aromatic nitrogens is 3. The molecule has 0 aliphatic heterocycles. The van der Waals surface area contributed by atoms with Gasteiger partial charge >= 0.3 is 24.1 Å². The maximum atomic E-state index is 13.7. The van der Waals surface area contributed by atoms with Crippen LogP contribution in [0.25, 0.3) is 0 Å². The number of aliphatic hydroxyl groups is 1. The molecule has 12 heteroatoms. The van der Waals surface area contributed by atoms with Gasteiger partial charge in [0.2, 0.25) is 5.79 Å². The van der Waals surface area contributed by atoms with E-state index < -0.39 is 34.7 Å². The maximum absolute atomic E-state index is 13.7. The number of esters is 3. The van der Waals surface area contributed by atoms with E-state index in [1.165, 1.54) is 35.9 Å². The van der Waals surface area contributed by atoms with E-state index >= 15 is 0 Å². The minimum absolute atomic E-state index is 0.0296. The van der Waals surface area contributed by atoms with Crippen molar-refractivity contribution in [3.05, 3.63) is 47.8 Å². The summed E-state index contributed by atoms with van der Waals surface area (Å²) in [7, 11) is 0. The molecule has 0 spiro atoms. The van der Waals surface area contributed by atoms with Crippen LogP contribution in [-0.4, -0.2) is 55.1 Å². The average molecular weight is 918 g/mol. The van der Waals surface area contributed by atoms with Gasteiger partial charge in [0.1, 0.15) is 18.8 Å². The Morgan fingerprint density at radius 2 is 1.52 bits per heavy atom. The first-order chi connectivity index (χ1) is 31.3. The Kier molecular flexibility index (Phi) is 16.6. The lowest BCUT2D eigenvalue weighted by atomic mass is 9.33. The second-order valence-corrected chi connectivity index (χ2v) is 22.5. The highest BCUT2D eigenvalue weighted by Gasteiger charge is 2.72. The van der Waals surface area contributed by atoms with Gasteiger partial charge in [-0.2, -0.15) is 0 Å².